The molecule has 0 saturated carbocycles. The number of oxazole rings is 1. The molecule has 0 fully saturated rings. The number of Topliss-reactive ketones (excluding diaryl/α,β-unsaturated/α-hetero) is 1. The second-order valence-corrected chi connectivity index (χ2v) is 8.95. The Morgan fingerprint density at radius 3 is 2.48 bits per heavy atom. The Hall–Kier alpha value is -3.03. The Kier molecular flexibility index (Phi) is 3.43. The first-order valence-electron chi connectivity index (χ1n) is 8.10. The van der Waals surface area contributed by atoms with E-state index in [1.54, 1.807) is 12.1 Å². The van der Waals surface area contributed by atoms with E-state index in [4.69, 9.17) is 4.42 Å². The van der Waals surface area contributed by atoms with Crippen LogP contribution < -0.4 is 0 Å². The van der Waals surface area contributed by atoms with Gasteiger partial charge in [0.05, 0.1) is 4.90 Å². The van der Waals surface area contributed by atoms with Gasteiger partial charge in [-0.25, -0.2) is 8.42 Å². The number of hydrogen-bond acceptors (Lipinski definition) is 6. The summed E-state index contributed by atoms with van der Waals surface area (Å²) in [4.78, 5) is 18.2. The molecule has 0 N–H and O–H groups in total. The number of aromatic nitrogens is 1. The summed E-state index contributed by atoms with van der Waals surface area (Å²) in [6.07, 6.45) is 1.21. The fourth-order valence-corrected chi connectivity index (χ4v) is 5.59. The molecule has 1 aliphatic heterocycles. The molecule has 5 nitrogen and oxygen atoms in total. The quantitative estimate of drug-likeness (QED) is 0.466. The van der Waals surface area contributed by atoms with Crippen LogP contribution in [0.1, 0.15) is 16.2 Å². The number of nitrogens with zero attached hydrogens (tertiary/aromatic N) is 1. The Morgan fingerprint density at radius 2 is 1.74 bits per heavy atom. The number of benzene rings is 2. The van der Waals surface area contributed by atoms with E-state index >= 15 is 0 Å². The Labute approximate surface area is 158 Å². The van der Waals surface area contributed by atoms with E-state index in [0.717, 1.165) is 10.4 Å². The molecule has 0 aliphatic carbocycles. The van der Waals surface area contributed by atoms with Gasteiger partial charge in [0, 0.05) is 22.6 Å². The molecule has 0 unspecified atom stereocenters. The highest BCUT2D eigenvalue weighted by molar-refractivity contribution is 7.97. The third-order valence-corrected chi connectivity index (χ3v) is 7.23. The molecule has 0 bridgehead atoms. The molecule has 1 aliphatic rings. The van der Waals surface area contributed by atoms with E-state index in [1.165, 1.54) is 29.5 Å². The highest BCUT2D eigenvalue weighted by Crippen LogP contribution is 2.37. The average molecular weight is 393 g/mol. The van der Waals surface area contributed by atoms with E-state index in [0.29, 0.717) is 10.4 Å². The number of allylic oxidation sites excluding steroid dienone is 1. The van der Waals surface area contributed by atoms with Gasteiger partial charge in [-0.15, -0.1) is 11.3 Å². The van der Waals surface area contributed by atoms with Crippen molar-refractivity contribution in [3.8, 4) is 10.4 Å². The second-order valence-electron chi connectivity index (χ2n) is 6.04. The number of carbonyl (C=O) groups excluding carboxylic acids is 1. The van der Waals surface area contributed by atoms with Crippen LogP contribution in [0.3, 0.4) is 0 Å². The van der Waals surface area contributed by atoms with Crippen molar-refractivity contribution in [1.82, 2.24) is 4.98 Å². The van der Waals surface area contributed by atoms with Gasteiger partial charge in [0.1, 0.15) is 4.91 Å². The highest BCUT2D eigenvalue weighted by Gasteiger charge is 2.39. The minimum Gasteiger partial charge on any atom is -0.436 e. The standard InChI is InChI=1S/C20H11NO4S2/c22-19-13-8-4-5-9-16(13)27(23,24)17(19)11-18-21-20-14(25-18)10-15(26-20)12-6-2-1-3-7-12/h1-11H/b17-11+. The molecule has 27 heavy (non-hydrogen) atoms. The lowest BCUT2D eigenvalue weighted by molar-refractivity contribution is 0.104. The summed E-state index contributed by atoms with van der Waals surface area (Å²) in [6, 6.07) is 17.9. The first-order valence-corrected chi connectivity index (χ1v) is 10.4. The Morgan fingerprint density at radius 1 is 1.00 bits per heavy atom. The number of rotatable bonds is 2. The van der Waals surface area contributed by atoms with E-state index in [-0.39, 0.29) is 21.3 Å². The zero-order chi connectivity index (χ0) is 18.6. The van der Waals surface area contributed by atoms with Crippen molar-refractivity contribution in [2.24, 2.45) is 0 Å². The fraction of sp³-hybridized carbons (Fsp3) is 0. The predicted molar refractivity (Wildman–Crippen MR) is 103 cm³/mol. The minimum absolute atomic E-state index is 0.0287. The maximum atomic E-state index is 12.6. The smallest absolute Gasteiger partial charge is 0.222 e. The average Bonchev–Trinajstić information content (AvgIpc) is 3.29. The summed E-state index contributed by atoms with van der Waals surface area (Å²) in [7, 11) is -3.85. The molecule has 0 spiro atoms. The maximum absolute atomic E-state index is 12.6. The Bertz CT molecular complexity index is 1310. The summed E-state index contributed by atoms with van der Waals surface area (Å²) in [5.74, 6) is -0.423. The molecule has 0 saturated heterocycles. The van der Waals surface area contributed by atoms with E-state index in [9.17, 15) is 13.2 Å². The molecule has 3 heterocycles. The summed E-state index contributed by atoms with van der Waals surface area (Å²) in [5.41, 5.74) is 1.80. The summed E-state index contributed by atoms with van der Waals surface area (Å²) >= 11 is 1.45. The molecule has 4 aromatic rings. The van der Waals surface area contributed by atoms with Crippen molar-refractivity contribution in [1.29, 1.82) is 0 Å². The monoisotopic (exact) mass is 393 g/mol. The summed E-state index contributed by atoms with van der Waals surface area (Å²) in [5, 5.41) is 0. The lowest BCUT2D eigenvalue weighted by atomic mass is 10.1. The number of sulfone groups is 1. The first-order chi connectivity index (χ1) is 13.0. The van der Waals surface area contributed by atoms with Gasteiger partial charge in [0.25, 0.3) is 0 Å². The molecule has 2 aromatic carbocycles. The number of hydrogen-bond donors (Lipinski definition) is 0. The third kappa shape index (κ3) is 2.47. The SMILES string of the molecule is O=C1/C(=C\c2nc3sc(-c4ccccc4)cc3o2)S(=O)(=O)c2ccccc21. The largest absolute Gasteiger partial charge is 0.436 e. The summed E-state index contributed by atoms with van der Waals surface area (Å²) < 4.78 is 31.0. The van der Waals surface area contributed by atoms with Gasteiger partial charge in [-0.05, 0) is 17.7 Å². The number of thiophene rings is 1. The van der Waals surface area contributed by atoms with Crippen molar-refractivity contribution in [3.05, 3.63) is 77.0 Å². The molecule has 132 valence electrons. The van der Waals surface area contributed by atoms with Crippen molar-refractivity contribution >= 4 is 43.4 Å². The zero-order valence-corrected chi connectivity index (χ0v) is 15.4. The molecule has 0 atom stereocenters. The number of ketones is 1. The van der Waals surface area contributed by atoms with E-state index in [2.05, 4.69) is 4.98 Å². The minimum atomic E-state index is -3.85. The molecule has 7 heteroatoms. The number of carbonyl (C=O) groups is 1. The molecule has 2 aromatic heterocycles. The van der Waals surface area contributed by atoms with E-state index in [1.807, 2.05) is 36.4 Å². The maximum Gasteiger partial charge on any atom is 0.222 e. The van der Waals surface area contributed by atoms with Crippen LogP contribution in [-0.2, 0) is 9.84 Å². The van der Waals surface area contributed by atoms with Crippen LogP contribution >= 0.6 is 11.3 Å². The normalized spacial score (nSPS) is 16.9. The van der Waals surface area contributed by atoms with Crippen molar-refractivity contribution in [2.75, 3.05) is 0 Å². The highest BCUT2D eigenvalue weighted by atomic mass is 32.2. The topological polar surface area (TPSA) is 77.2 Å². The van der Waals surface area contributed by atoms with Crippen LogP contribution in [0.15, 0.2) is 74.9 Å². The van der Waals surface area contributed by atoms with Crippen molar-refractivity contribution in [2.45, 2.75) is 4.90 Å². The molecule has 0 radical (unpaired) electrons. The molecule has 0 amide bonds. The van der Waals surface area contributed by atoms with Gasteiger partial charge in [0.15, 0.2) is 10.4 Å². The Balaban J connectivity index is 1.57. The zero-order valence-electron chi connectivity index (χ0n) is 13.7. The van der Waals surface area contributed by atoms with Gasteiger partial charge >= 0.3 is 0 Å². The van der Waals surface area contributed by atoms with E-state index < -0.39 is 15.6 Å². The summed E-state index contributed by atoms with van der Waals surface area (Å²) in [6.45, 7) is 0. The van der Waals surface area contributed by atoms with Crippen LogP contribution in [0.5, 0.6) is 0 Å². The second kappa shape index (κ2) is 5.73. The lowest BCUT2D eigenvalue weighted by Crippen LogP contribution is -2.02. The predicted octanol–water partition coefficient (Wildman–Crippen LogP) is 4.57. The van der Waals surface area contributed by atoms with Gasteiger partial charge in [-0.2, -0.15) is 4.98 Å². The molecular formula is C20H11NO4S2. The third-order valence-electron chi connectivity index (χ3n) is 4.35. The van der Waals surface area contributed by atoms with Gasteiger partial charge in [-0.3, -0.25) is 4.79 Å². The van der Waals surface area contributed by atoms with Gasteiger partial charge in [0.2, 0.25) is 21.5 Å². The molecular weight excluding hydrogens is 382 g/mol. The number of fused-ring (bicyclic) bond motifs is 2. The fourth-order valence-electron chi connectivity index (χ4n) is 3.07. The van der Waals surface area contributed by atoms with Gasteiger partial charge in [-0.1, -0.05) is 42.5 Å². The van der Waals surface area contributed by atoms with Crippen molar-refractivity contribution < 1.29 is 17.6 Å². The van der Waals surface area contributed by atoms with Crippen LogP contribution in [0, 0.1) is 0 Å². The van der Waals surface area contributed by atoms with Crippen LogP contribution in [-0.4, -0.2) is 19.2 Å². The van der Waals surface area contributed by atoms with Crippen LogP contribution in [0.2, 0.25) is 0 Å². The molecule has 5 rings (SSSR count). The van der Waals surface area contributed by atoms with Crippen molar-refractivity contribution in [3.63, 3.8) is 0 Å². The lowest BCUT2D eigenvalue weighted by Gasteiger charge is -1.95. The first kappa shape index (κ1) is 16.2. The van der Waals surface area contributed by atoms with Crippen LogP contribution in [0.25, 0.3) is 26.9 Å². The van der Waals surface area contributed by atoms with Crippen LogP contribution in [0.4, 0.5) is 0 Å². The van der Waals surface area contributed by atoms with Gasteiger partial charge < -0.3 is 4.42 Å².